The number of rotatable bonds is 7. The van der Waals surface area contributed by atoms with Gasteiger partial charge in [-0.05, 0) is 56.0 Å². The zero-order chi connectivity index (χ0) is 23.2. The molecule has 3 aromatic rings. The molecule has 1 amide bonds. The molecule has 0 unspecified atom stereocenters. The van der Waals surface area contributed by atoms with Crippen LogP contribution in [0.5, 0.6) is 5.88 Å². The maximum absolute atomic E-state index is 13.0. The van der Waals surface area contributed by atoms with Gasteiger partial charge in [0.15, 0.2) is 0 Å². The molecule has 0 spiro atoms. The van der Waals surface area contributed by atoms with Gasteiger partial charge in [0.25, 0.3) is 5.91 Å². The first-order valence-corrected chi connectivity index (χ1v) is 11.6. The maximum Gasteiger partial charge on any atom is 0.260 e. The summed E-state index contributed by atoms with van der Waals surface area (Å²) in [7, 11) is 0. The molecule has 3 aromatic heterocycles. The molecule has 4 heterocycles. The molecule has 0 saturated carbocycles. The van der Waals surface area contributed by atoms with E-state index < -0.39 is 0 Å². The molecule has 0 aliphatic carbocycles. The summed E-state index contributed by atoms with van der Waals surface area (Å²) in [6.07, 6.45) is 5.27. The number of hydrogen-bond acceptors (Lipinski definition) is 9. The highest BCUT2D eigenvalue weighted by Gasteiger charge is 2.21. The van der Waals surface area contributed by atoms with Crippen molar-refractivity contribution in [1.29, 1.82) is 5.26 Å². The third-order valence-electron chi connectivity index (χ3n) is 5.48. The number of carbonyl (C=O) groups is 1. The summed E-state index contributed by atoms with van der Waals surface area (Å²) in [5.74, 6) is 0.726. The molecule has 0 aromatic carbocycles. The van der Waals surface area contributed by atoms with Gasteiger partial charge >= 0.3 is 0 Å². The van der Waals surface area contributed by atoms with Crippen LogP contribution < -0.4 is 15.4 Å². The normalized spacial score (nSPS) is 14.5. The third-order valence-corrected chi connectivity index (χ3v) is 6.34. The Hall–Kier alpha value is -3.55. The predicted molar refractivity (Wildman–Crippen MR) is 127 cm³/mol. The monoisotopic (exact) mass is 463 g/mol. The number of aromatic nitrogens is 3. The Morgan fingerprint density at radius 2 is 2.12 bits per heavy atom. The number of anilines is 3. The highest BCUT2D eigenvalue weighted by molar-refractivity contribution is 7.10. The number of likely N-dealkylation sites (tertiary alicyclic amines) is 1. The van der Waals surface area contributed by atoms with Gasteiger partial charge in [-0.15, -0.1) is 0 Å². The van der Waals surface area contributed by atoms with Crippen molar-refractivity contribution in [3.8, 4) is 11.9 Å². The van der Waals surface area contributed by atoms with E-state index in [2.05, 4.69) is 42.9 Å². The zero-order valence-corrected chi connectivity index (χ0v) is 19.4. The number of aryl methyl sites for hydroxylation is 1. The van der Waals surface area contributed by atoms with Crippen LogP contribution in [0.4, 0.5) is 16.5 Å². The molecule has 0 bridgehead atoms. The lowest BCUT2D eigenvalue weighted by molar-refractivity contribution is 0.0996. The van der Waals surface area contributed by atoms with Crippen molar-refractivity contribution in [3.63, 3.8) is 0 Å². The molecule has 0 atom stereocenters. The molecule has 170 valence electrons. The first-order chi connectivity index (χ1) is 16.1. The van der Waals surface area contributed by atoms with Gasteiger partial charge in [0.05, 0.1) is 34.8 Å². The molecule has 1 aliphatic rings. The SMILES string of the molecule is CCN1CCC(Oc2ccc(NC(=O)c3c(C)nsc3Nc3cc(C#N)ccn3)cn2)CC1. The topological polar surface area (TPSA) is 116 Å². The maximum atomic E-state index is 13.0. The van der Waals surface area contributed by atoms with Crippen molar-refractivity contribution in [2.75, 3.05) is 30.3 Å². The number of carbonyl (C=O) groups excluding carboxylic acids is 1. The van der Waals surface area contributed by atoms with E-state index in [9.17, 15) is 4.79 Å². The molecule has 4 rings (SSSR count). The smallest absolute Gasteiger partial charge is 0.260 e. The van der Waals surface area contributed by atoms with Gasteiger partial charge in [0, 0.05) is 25.4 Å². The van der Waals surface area contributed by atoms with Gasteiger partial charge < -0.3 is 20.3 Å². The first kappa shape index (κ1) is 22.6. The van der Waals surface area contributed by atoms with Crippen molar-refractivity contribution in [2.45, 2.75) is 32.8 Å². The van der Waals surface area contributed by atoms with Crippen molar-refractivity contribution in [3.05, 3.63) is 53.5 Å². The average molecular weight is 464 g/mol. The molecule has 0 radical (unpaired) electrons. The van der Waals surface area contributed by atoms with Crippen molar-refractivity contribution >= 4 is 33.9 Å². The fourth-order valence-electron chi connectivity index (χ4n) is 3.64. The van der Waals surface area contributed by atoms with Crippen molar-refractivity contribution in [2.24, 2.45) is 0 Å². The highest BCUT2D eigenvalue weighted by Crippen LogP contribution is 2.28. The second kappa shape index (κ2) is 10.4. The van der Waals surface area contributed by atoms with Gasteiger partial charge in [-0.1, -0.05) is 6.92 Å². The average Bonchev–Trinajstić information content (AvgIpc) is 3.20. The molecular weight excluding hydrogens is 438 g/mol. The number of pyridine rings is 2. The summed E-state index contributed by atoms with van der Waals surface area (Å²) in [6, 6.07) is 8.86. The molecule has 1 saturated heterocycles. The quantitative estimate of drug-likeness (QED) is 0.541. The summed E-state index contributed by atoms with van der Waals surface area (Å²) in [4.78, 5) is 23.9. The van der Waals surface area contributed by atoms with Crippen molar-refractivity contribution < 1.29 is 9.53 Å². The standard InChI is InChI=1S/C23H25N7O2S/c1-3-30-10-7-18(8-11-30)32-20-5-4-17(14-26-20)27-22(31)21-15(2)29-33-23(21)28-19-12-16(13-24)6-9-25-19/h4-6,9,12,14,18H,3,7-8,10-11H2,1-2H3,(H,25,28)(H,27,31). The van der Waals surface area contributed by atoms with E-state index in [1.807, 2.05) is 0 Å². The molecular formula is C23H25N7O2S. The number of nitrogens with zero attached hydrogens (tertiary/aromatic N) is 5. The van der Waals surface area contributed by atoms with Gasteiger partial charge in [-0.2, -0.15) is 9.64 Å². The van der Waals surface area contributed by atoms with Gasteiger partial charge in [0.2, 0.25) is 5.88 Å². The van der Waals surface area contributed by atoms with E-state index in [1.165, 1.54) is 6.20 Å². The Morgan fingerprint density at radius 1 is 1.30 bits per heavy atom. The van der Waals surface area contributed by atoms with E-state index in [0.29, 0.717) is 39.2 Å². The fraction of sp³-hybridized carbons (Fsp3) is 0.348. The molecule has 2 N–H and O–H groups in total. The third kappa shape index (κ3) is 5.63. The summed E-state index contributed by atoms with van der Waals surface area (Å²) < 4.78 is 10.3. The minimum absolute atomic E-state index is 0.169. The minimum Gasteiger partial charge on any atom is -0.474 e. The van der Waals surface area contributed by atoms with Crippen LogP contribution in [0.2, 0.25) is 0 Å². The first-order valence-electron chi connectivity index (χ1n) is 10.8. The van der Waals surface area contributed by atoms with Gasteiger partial charge in [-0.25, -0.2) is 9.97 Å². The molecule has 9 nitrogen and oxygen atoms in total. The van der Waals surface area contributed by atoms with Crippen LogP contribution in [-0.4, -0.2) is 50.9 Å². The van der Waals surface area contributed by atoms with Gasteiger partial charge in [0.1, 0.15) is 16.9 Å². The van der Waals surface area contributed by atoms with E-state index in [0.717, 1.165) is 44.0 Å². The zero-order valence-electron chi connectivity index (χ0n) is 18.5. The highest BCUT2D eigenvalue weighted by atomic mass is 32.1. The lowest BCUT2D eigenvalue weighted by Gasteiger charge is -2.30. The Labute approximate surface area is 196 Å². The molecule has 1 aliphatic heterocycles. The minimum atomic E-state index is -0.303. The van der Waals surface area contributed by atoms with Crippen LogP contribution in [0, 0.1) is 18.3 Å². The van der Waals surface area contributed by atoms with E-state index >= 15 is 0 Å². The second-order valence-corrected chi connectivity index (χ2v) is 8.50. The molecule has 1 fully saturated rings. The fourth-order valence-corrected chi connectivity index (χ4v) is 4.44. The second-order valence-electron chi connectivity index (χ2n) is 7.73. The van der Waals surface area contributed by atoms with E-state index in [-0.39, 0.29) is 12.0 Å². The van der Waals surface area contributed by atoms with Crippen LogP contribution in [-0.2, 0) is 0 Å². The number of nitrogens with one attached hydrogen (secondary N) is 2. The lowest BCUT2D eigenvalue weighted by Crippen LogP contribution is -2.38. The molecule has 33 heavy (non-hydrogen) atoms. The summed E-state index contributed by atoms with van der Waals surface area (Å²) in [5, 5.41) is 15.6. The van der Waals surface area contributed by atoms with Crippen LogP contribution >= 0.6 is 11.5 Å². The van der Waals surface area contributed by atoms with Crippen LogP contribution in [0.15, 0.2) is 36.7 Å². The summed E-state index contributed by atoms with van der Waals surface area (Å²) in [5.41, 5.74) is 2.06. The molecule has 10 heteroatoms. The van der Waals surface area contributed by atoms with Crippen molar-refractivity contribution in [1.82, 2.24) is 19.2 Å². The summed E-state index contributed by atoms with van der Waals surface area (Å²) in [6.45, 7) is 7.09. The lowest BCUT2D eigenvalue weighted by atomic mass is 10.1. The Kier molecular flexibility index (Phi) is 7.12. The van der Waals surface area contributed by atoms with Crippen LogP contribution in [0.3, 0.4) is 0 Å². The van der Waals surface area contributed by atoms with Gasteiger partial charge in [-0.3, -0.25) is 4.79 Å². The van der Waals surface area contributed by atoms with Crippen LogP contribution in [0.25, 0.3) is 0 Å². The Morgan fingerprint density at radius 3 is 2.82 bits per heavy atom. The number of ether oxygens (including phenoxy) is 1. The number of hydrogen-bond donors (Lipinski definition) is 2. The number of nitriles is 1. The van der Waals surface area contributed by atoms with E-state index in [4.69, 9.17) is 10.00 Å². The van der Waals surface area contributed by atoms with Crippen LogP contribution in [0.1, 0.15) is 41.4 Å². The Bertz CT molecular complexity index is 1150. The Balaban J connectivity index is 1.39. The largest absolute Gasteiger partial charge is 0.474 e. The van der Waals surface area contributed by atoms with E-state index in [1.54, 1.807) is 37.4 Å². The number of piperidine rings is 1. The number of amides is 1. The predicted octanol–water partition coefficient (Wildman–Crippen LogP) is 3.97. The summed E-state index contributed by atoms with van der Waals surface area (Å²) >= 11 is 1.16.